The van der Waals surface area contributed by atoms with Gasteiger partial charge in [0.25, 0.3) is 0 Å². The number of carbonyl (C=O) groups is 1. The van der Waals surface area contributed by atoms with Crippen molar-refractivity contribution in [3.8, 4) is 33.8 Å². The molecule has 0 unspecified atom stereocenters. The topological polar surface area (TPSA) is 112 Å². The van der Waals surface area contributed by atoms with E-state index in [4.69, 9.17) is 10.7 Å². The third-order valence-electron chi connectivity index (χ3n) is 5.82. The van der Waals surface area contributed by atoms with Crippen molar-refractivity contribution in [2.75, 3.05) is 0 Å². The Kier molecular flexibility index (Phi) is 5.32. The molecule has 2 N–H and O–H groups in total. The molecule has 0 aliphatic rings. The van der Waals surface area contributed by atoms with E-state index >= 15 is 4.39 Å². The molecule has 0 radical (unpaired) electrons. The van der Waals surface area contributed by atoms with Gasteiger partial charge in [-0.2, -0.15) is 5.10 Å². The van der Waals surface area contributed by atoms with E-state index in [0.29, 0.717) is 28.4 Å². The zero-order valence-corrected chi connectivity index (χ0v) is 19.7. The summed E-state index contributed by atoms with van der Waals surface area (Å²) >= 11 is 0. The molecule has 35 heavy (non-hydrogen) atoms. The minimum absolute atomic E-state index is 0.0720. The van der Waals surface area contributed by atoms with Gasteiger partial charge in [-0.05, 0) is 62.2 Å². The van der Waals surface area contributed by atoms with Crippen LogP contribution in [-0.4, -0.2) is 35.6 Å². The molecule has 8 nitrogen and oxygen atoms in total. The Morgan fingerprint density at radius 1 is 0.914 bits per heavy atom. The average molecular weight is 468 g/mol. The molecule has 0 fully saturated rings. The van der Waals surface area contributed by atoms with E-state index in [2.05, 4.69) is 26.1 Å². The van der Waals surface area contributed by atoms with E-state index in [1.807, 2.05) is 46.1 Å². The summed E-state index contributed by atoms with van der Waals surface area (Å²) in [6, 6.07) is 10.0. The van der Waals surface area contributed by atoms with Gasteiger partial charge in [-0.25, -0.2) is 24.3 Å². The fraction of sp³-hybridized carbons (Fsp3) is 0.154. The van der Waals surface area contributed by atoms with E-state index in [0.717, 1.165) is 34.0 Å². The molecule has 0 bridgehead atoms. The first-order chi connectivity index (χ1) is 16.7. The highest BCUT2D eigenvalue weighted by atomic mass is 19.1. The van der Waals surface area contributed by atoms with Gasteiger partial charge in [0.15, 0.2) is 11.5 Å². The minimum atomic E-state index is -0.711. The Labute approximate surface area is 200 Å². The van der Waals surface area contributed by atoms with Gasteiger partial charge in [0, 0.05) is 35.5 Å². The van der Waals surface area contributed by atoms with Crippen molar-refractivity contribution in [1.29, 1.82) is 0 Å². The Morgan fingerprint density at radius 2 is 1.66 bits per heavy atom. The van der Waals surface area contributed by atoms with Crippen LogP contribution in [0.4, 0.5) is 4.39 Å². The summed E-state index contributed by atoms with van der Waals surface area (Å²) in [5.74, 6) is -0.956. The van der Waals surface area contributed by atoms with Gasteiger partial charge >= 0.3 is 0 Å². The van der Waals surface area contributed by atoms with E-state index in [1.54, 1.807) is 10.9 Å². The first-order valence-corrected chi connectivity index (χ1v) is 10.9. The molecule has 5 aromatic rings. The highest BCUT2D eigenvalue weighted by Crippen LogP contribution is 2.32. The van der Waals surface area contributed by atoms with Crippen LogP contribution in [0.25, 0.3) is 44.9 Å². The second kappa shape index (κ2) is 8.35. The van der Waals surface area contributed by atoms with Gasteiger partial charge in [-0.3, -0.25) is 9.48 Å². The van der Waals surface area contributed by atoms with E-state index in [-0.39, 0.29) is 11.1 Å². The maximum absolute atomic E-state index is 15.2. The van der Waals surface area contributed by atoms with Crippen LogP contribution in [0.2, 0.25) is 0 Å². The van der Waals surface area contributed by atoms with Crippen LogP contribution in [0.15, 0.2) is 48.8 Å². The summed E-state index contributed by atoms with van der Waals surface area (Å²) in [5.41, 5.74) is 11.7. The number of carbonyl (C=O) groups excluding carboxylic acids is 1. The molecule has 0 saturated carbocycles. The molecule has 0 aliphatic heterocycles. The van der Waals surface area contributed by atoms with Crippen LogP contribution in [0, 0.1) is 26.6 Å². The van der Waals surface area contributed by atoms with Crippen molar-refractivity contribution in [3.05, 3.63) is 77.1 Å². The molecule has 174 valence electrons. The summed E-state index contributed by atoms with van der Waals surface area (Å²) in [6.45, 7) is 5.66. The molecule has 0 atom stereocenters. The third-order valence-corrected chi connectivity index (χ3v) is 5.82. The molecule has 2 aromatic carbocycles. The fourth-order valence-electron chi connectivity index (χ4n) is 3.94. The summed E-state index contributed by atoms with van der Waals surface area (Å²) < 4.78 is 16.9. The first-order valence-electron chi connectivity index (χ1n) is 10.9. The van der Waals surface area contributed by atoms with E-state index < -0.39 is 11.7 Å². The lowest BCUT2D eigenvalue weighted by Crippen LogP contribution is -2.11. The fourth-order valence-corrected chi connectivity index (χ4v) is 3.94. The second-order valence-electron chi connectivity index (χ2n) is 8.51. The van der Waals surface area contributed by atoms with Crippen molar-refractivity contribution in [2.45, 2.75) is 20.8 Å². The lowest BCUT2D eigenvalue weighted by Gasteiger charge is -2.12. The zero-order chi connectivity index (χ0) is 24.9. The normalized spacial score (nSPS) is 11.2. The molecule has 0 spiro atoms. The number of hydrogen-bond donors (Lipinski definition) is 1. The van der Waals surface area contributed by atoms with Gasteiger partial charge < -0.3 is 5.73 Å². The lowest BCUT2D eigenvalue weighted by molar-refractivity contribution is 0.1000. The number of hydrogen-bond acceptors (Lipinski definition) is 6. The molecule has 0 saturated heterocycles. The SMILES string of the molecule is Cc1cc(-c2cnn(C)c2)cc(-c2nc(-c3ccc(C(N)=O)cc3F)c3nc(C)c(C)nc3n2)c1. The monoisotopic (exact) mass is 467 g/mol. The largest absolute Gasteiger partial charge is 0.366 e. The smallest absolute Gasteiger partial charge is 0.248 e. The highest BCUT2D eigenvalue weighted by molar-refractivity contribution is 5.94. The molecule has 3 heterocycles. The second-order valence-corrected chi connectivity index (χ2v) is 8.51. The Balaban J connectivity index is 1.76. The molecule has 0 aliphatic carbocycles. The first kappa shape index (κ1) is 22.3. The zero-order valence-electron chi connectivity index (χ0n) is 19.7. The van der Waals surface area contributed by atoms with Crippen LogP contribution >= 0.6 is 0 Å². The molecule has 9 heteroatoms. The number of benzene rings is 2. The molecular formula is C26H22FN7O. The number of aromatic nitrogens is 6. The van der Waals surface area contributed by atoms with Gasteiger partial charge in [-0.15, -0.1) is 0 Å². The third kappa shape index (κ3) is 4.12. The summed E-state index contributed by atoms with van der Waals surface area (Å²) in [5, 5.41) is 4.26. The van der Waals surface area contributed by atoms with Crippen LogP contribution in [0.3, 0.4) is 0 Å². The standard InChI is InChI=1S/C26H22FN7O/c1-13-7-17(19-11-29-34(4)12-19)9-18(8-13)25-32-22(20-6-5-16(24(28)35)10-21(20)27)23-26(33-25)31-15(3)14(2)30-23/h5-12H,1-4H3,(H2,28,35). The van der Waals surface area contributed by atoms with E-state index in [9.17, 15) is 4.79 Å². The van der Waals surface area contributed by atoms with Crippen LogP contribution in [0.5, 0.6) is 0 Å². The average Bonchev–Trinajstić information content (AvgIpc) is 3.25. The summed E-state index contributed by atoms with van der Waals surface area (Å²) in [7, 11) is 1.86. The predicted molar refractivity (Wildman–Crippen MR) is 131 cm³/mol. The van der Waals surface area contributed by atoms with Crippen LogP contribution in [-0.2, 0) is 7.05 Å². The number of halogens is 1. The van der Waals surface area contributed by atoms with Crippen molar-refractivity contribution < 1.29 is 9.18 Å². The predicted octanol–water partition coefficient (Wildman–Crippen LogP) is 4.32. The number of nitrogens with two attached hydrogens (primary N) is 1. The van der Waals surface area contributed by atoms with Gasteiger partial charge in [0.2, 0.25) is 5.91 Å². The number of rotatable bonds is 4. The van der Waals surface area contributed by atoms with E-state index in [1.165, 1.54) is 12.1 Å². The number of amides is 1. The summed E-state index contributed by atoms with van der Waals surface area (Å²) in [4.78, 5) is 30.2. The van der Waals surface area contributed by atoms with Gasteiger partial charge in [0.05, 0.1) is 17.6 Å². The van der Waals surface area contributed by atoms with Crippen molar-refractivity contribution in [1.82, 2.24) is 29.7 Å². The minimum Gasteiger partial charge on any atom is -0.366 e. The number of primary amides is 1. The molecule has 1 amide bonds. The highest BCUT2D eigenvalue weighted by Gasteiger charge is 2.19. The van der Waals surface area contributed by atoms with Crippen molar-refractivity contribution in [2.24, 2.45) is 12.8 Å². The Hall–Kier alpha value is -4.53. The summed E-state index contributed by atoms with van der Waals surface area (Å²) in [6.07, 6.45) is 3.72. The maximum Gasteiger partial charge on any atom is 0.248 e. The maximum atomic E-state index is 15.2. The quantitative estimate of drug-likeness (QED) is 0.421. The number of nitrogens with zero attached hydrogens (tertiary/aromatic N) is 6. The molecule has 5 rings (SSSR count). The van der Waals surface area contributed by atoms with Crippen molar-refractivity contribution >= 4 is 17.1 Å². The molecule has 3 aromatic heterocycles. The number of aryl methyl sites for hydroxylation is 4. The van der Waals surface area contributed by atoms with Crippen LogP contribution < -0.4 is 5.73 Å². The Morgan fingerprint density at radius 3 is 2.34 bits per heavy atom. The van der Waals surface area contributed by atoms with Crippen molar-refractivity contribution in [3.63, 3.8) is 0 Å². The van der Waals surface area contributed by atoms with Gasteiger partial charge in [-0.1, -0.05) is 6.07 Å². The number of fused-ring (bicyclic) bond motifs is 1. The van der Waals surface area contributed by atoms with Crippen LogP contribution in [0.1, 0.15) is 27.3 Å². The Bertz CT molecular complexity index is 1640. The lowest BCUT2D eigenvalue weighted by atomic mass is 10.0. The molecular weight excluding hydrogens is 445 g/mol. The van der Waals surface area contributed by atoms with Gasteiger partial charge in [0.1, 0.15) is 17.0 Å².